The molecule has 0 saturated carbocycles. The summed E-state index contributed by atoms with van der Waals surface area (Å²) < 4.78 is 0. The summed E-state index contributed by atoms with van der Waals surface area (Å²) in [6.07, 6.45) is 11.0. The van der Waals surface area contributed by atoms with Crippen molar-refractivity contribution in [2.24, 2.45) is 0 Å². The molecule has 1 heteroatoms. The number of allylic oxidation sites excluding steroid dienone is 4. The van der Waals surface area contributed by atoms with Gasteiger partial charge >= 0.3 is 0 Å². The molecule has 0 aromatic heterocycles. The molecule has 0 aromatic rings. The van der Waals surface area contributed by atoms with Crippen LogP contribution in [0.4, 0.5) is 0 Å². The minimum atomic E-state index is 1.11. The van der Waals surface area contributed by atoms with E-state index in [0.29, 0.717) is 0 Å². The highest BCUT2D eigenvalue weighted by Crippen LogP contribution is 2.17. The summed E-state index contributed by atoms with van der Waals surface area (Å²) in [6, 6.07) is 0. The van der Waals surface area contributed by atoms with Crippen LogP contribution in [0.25, 0.3) is 0 Å². The zero-order valence-electron chi connectivity index (χ0n) is 10.6. The van der Waals surface area contributed by atoms with E-state index in [-0.39, 0.29) is 0 Å². The van der Waals surface area contributed by atoms with Gasteiger partial charge < -0.3 is 5.32 Å². The lowest BCUT2D eigenvalue weighted by atomic mass is 10.0. The van der Waals surface area contributed by atoms with Crippen LogP contribution in [0.2, 0.25) is 0 Å². The zero-order valence-corrected chi connectivity index (χ0v) is 10.6. The van der Waals surface area contributed by atoms with E-state index in [1.54, 1.807) is 0 Å². The number of rotatable bonds is 2. The van der Waals surface area contributed by atoms with E-state index in [1.807, 2.05) is 13.8 Å². The van der Waals surface area contributed by atoms with Gasteiger partial charge in [-0.2, -0.15) is 0 Å². The van der Waals surface area contributed by atoms with Crippen molar-refractivity contribution < 1.29 is 0 Å². The predicted molar refractivity (Wildman–Crippen MR) is 70.1 cm³/mol. The zero-order chi connectivity index (χ0) is 11.5. The maximum absolute atomic E-state index is 3.41. The molecule has 15 heavy (non-hydrogen) atoms. The molecule has 0 spiro atoms. The first kappa shape index (κ1) is 14.2. The highest BCUT2D eigenvalue weighted by atomic mass is 14.8. The monoisotopic (exact) mass is 207 g/mol. The van der Waals surface area contributed by atoms with Crippen LogP contribution < -0.4 is 5.32 Å². The van der Waals surface area contributed by atoms with Crippen molar-refractivity contribution in [3.63, 3.8) is 0 Å². The van der Waals surface area contributed by atoms with E-state index in [9.17, 15) is 0 Å². The van der Waals surface area contributed by atoms with Gasteiger partial charge in [-0.05, 0) is 50.9 Å². The minimum Gasteiger partial charge on any atom is -0.316 e. The van der Waals surface area contributed by atoms with Gasteiger partial charge in [-0.1, -0.05) is 38.2 Å². The van der Waals surface area contributed by atoms with E-state index in [2.05, 4.69) is 43.5 Å². The molecule has 1 aliphatic heterocycles. The SMILES string of the molecule is C/C=C\C1=C(/C=C\C)CCNCC1.CC. The molecule has 86 valence electrons. The van der Waals surface area contributed by atoms with Crippen LogP contribution in [-0.4, -0.2) is 13.1 Å². The van der Waals surface area contributed by atoms with Crippen LogP contribution in [-0.2, 0) is 0 Å². The molecule has 0 unspecified atom stereocenters. The molecule has 1 aliphatic rings. The Kier molecular flexibility index (Phi) is 9.19. The topological polar surface area (TPSA) is 12.0 Å². The van der Waals surface area contributed by atoms with Gasteiger partial charge in [0.25, 0.3) is 0 Å². The van der Waals surface area contributed by atoms with Gasteiger partial charge in [0.1, 0.15) is 0 Å². The molecule has 1 rings (SSSR count). The fraction of sp³-hybridized carbons (Fsp3) is 0.571. The lowest BCUT2D eigenvalue weighted by molar-refractivity contribution is 0.710. The van der Waals surface area contributed by atoms with Crippen LogP contribution in [0, 0.1) is 0 Å². The summed E-state index contributed by atoms with van der Waals surface area (Å²) in [5, 5.41) is 3.41. The highest BCUT2D eigenvalue weighted by molar-refractivity contribution is 5.34. The third-order valence-corrected chi connectivity index (χ3v) is 2.29. The molecule has 0 atom stereocenters. The summed E-state index contributed by atoms with van der Waals surface area (Å²) in [6.45, 7) is 10.4. The second kappa shape index (κ2) is 9.72. The van der Waals surface area contributed by atoms with E-state index in [1.165, 1.54) is 11.1 Å². The number of nitrogens with one attached hydrogen (secondary N) is 1. The first-order valence-electron chi connectivity index (χ1n) is 6.06. The molecule has 1 N–H and O–H groups in total. The summed E-state index contributed by atoms with van der Waals surface area (Å²) in [5.41, 5.74) is 2.98. The van der Waals surface area contributed by atoms with E-state index in [0.717, 1.165) is 25.9 Å². The second-order valence-corrected chi connectivity index (χ2v) is 3.30. The lowest BCUT2D eigenvalue weighted by Gasteiger charge is -2.03. The molecular formula is C14H25N. The Bertz CT molecular complexity index is 210. The van der Waals surface area contributed by atoms with Crippen molar-refractivity contribution in [1.82, 2.24) is 5.32 Å². The van der Waals surface area contributed by atoms with Crippen molar-refractivity contribution in [1.29, 1.82) is 0 Å². The van der Waals surface area contributed by atoms with Gasteiger partial charge in [0, 0.05) is 0 Å². The summed E-state index contributed by atoms with van der Waals surface area (Å²) >= 11 is 0. The molecule has 0 bridgehead atoms. The van der Waals surface area contributed by atoms with Crippen LogP contribution in [0.1, 0.15) is 40.5 Å². The molecule has 0 aromatic carbocycles. The van der Waals surface area contributed by atoms with Crippen molar-refractivity contribution in [2.75, 3.05) is 13.1 Å². The highest BCUT2D eigenvalue weighted by Gasteiger charge is 2.05. The molecule has 0 fully saturated rings. The Balaban J connectivity index is 0.000000921. The Morgan fingerprint density at radius 1 is 0.867 bits per heavy atom. The van der Waals surface area contributed by atoms with Crippen LogP contribution in [0.15, 0.2) is 35.5 Å². The maximum atomic E-state index is 3.41. The standard InChI is InChI=1S/C12H19N.C2H6/c1-3-5-11-7-9-13-10-8-12(11)6-4-2;1-2/h3-6,13H,7-10H2,1-2H3;1-2H3/b5-3-,6-4-;. The molecule has 0 amide bonds. The van der Waals surface area contributed by atoms with Gasteiger partial charge in [-0.25, -0.2) is 0 Å². The average molecular weight is 207 g/mol. The fourth-order valence-corrected chi connectivity index (χ4v) is 1.68. The van der Waals surface area contributed by atoms with Gasteiger partial charge in [0.2, 0.25) is 0 Å². The molecule has 0 aliphatic carbocycles. The smallest absolute Gasteiger partial charge is 0.000812 e. The second-order valence-electron chi connectivity index (χ2n) is 3.30. The van der Waals surface area contributed by atoms with Gasteiger partial charge in [0.15, 0.2) is 0 Å². The number of hydrogen-bond donors (Lipinski definition) is 1. The summed E-state index contributed by atoms with van der Waals surface area (Å²) in [7, 11) is 0. The maximum Gasteiger partial charge on any atom is -0.000812 e. The van der Waals surface area contributed by atoms with E-state index in [4.69, 9.17) is 0 Å². The minimum absolute atomic E-state index is 1.11. The Morgan fingerprint density at radius 2 is 1.27 bits per heavy atom. The average Bonchev–Trinajstić information content (AvgIpc) is 2.49. The van der Waals surface area contributed by atoms with Gasteiger partial charge in [-0.15, -0.1) is 0 Å². The first-order valence-corrected chi connectivity index (χ1v) is 6.06. The number of hydrogen-bond acceptors (Lipinski definition) is 1. The van der Waals surface area contributed by atoms with E-state index < -0.39 is 0 Å². The van der Waals surface area contributed by atoms with Crippen molar-refractivity contribution >= 4 is 0 Å². The van der Waals surface area contributed by atoms with Gasteiger partial charge in [0.05, 0.1) is 0 Å². The Morgan fingerprint density at radius 3 is 1.60 bits per heavy atom. The van der Waals surface area contributed by atoms with Crippen molar-refractivity contribution in [3.05, 3.63) is 35.5 Å². The Labute approximate surface area is 95.0 Å². The lowest BCUT2D eigenvalue weighted by Crippen LogP contribution is -2.14. The molecule has 1 heterocycles. The van der Waals surface area contributed by atoms with Crippen LogP contribution in [0.3, 0.4) is 0 Å². The molecular weight excluding hydrogens is 182 g/mol. The summed E-state index contributed by atoms with van der Waals surface area (Å²) in [4.78, 5) is 0. The first-order chi connectivity index (χ1) is 7.38. The molecule has 0 saturated heterocycles. The van der Waals surface area contributed by atoms with Crippen molar-refractivity contribution in [2.45, 2.75) is 40.5 Å². The van der Waals surface area contributed by atoms with Crippen LogP contribution in [0.5, 0.6) is 0 Å². The summed E-state index contributed by atoms with van der Waals surface area (Å²) in [5.74, 6) is 0. The fourth-order valence-electron chi connectivity index (χ4n) is 1.68. The third kappa shape index (κ3) is 5.58. The van der Waals surface area contributed by atoms with Crippen molar-refractivity contribution in [3.8, 4) is 0 Å². The normalized spacial score (nSPS) is 17.9. The predicted octanol–water partition coefficient (Wildman–Crippen LogP) is 3.84. The largest absolute Gasteiger partial charge is 0.316 e. The quantitative estimate of drug-likeness (QED) is 0.725. The third-order valence-electron chi connectivity index (χ3n) is 2.29. The Hall–Kier alpha value is -0.820. The van der Waals surface area contributed by atoms with E-state index >= 15 is 0 Å². The van der Waals surface area contributed by atoms with Gasteiger partial charge in [-0.3, -0.25) is 0 Å². The molecule has 0 radical (unpaired) electrons. The molecule has 1 nitrogen and oxygen atoms in total. The van der Waals surface area contributed by atoms with Crippen LogP contribution >= 0.6 is 0 Å².